The van der Waals surface area contributed by atoms with Gasteiger partial charge in [0, 0.05) is 44.7 Å². The maximum absolute atomic E-state index is 13.0. The number of hydrogen-bond acceptors (Lipinski definition) is 4. The van der Waals surface area contributed by atoms with E-state index in [0.29, 0.717) is 32.4 Å². The second kappa shape index (κ2) is 8.25. The Balaban J connectivity index is 1.41. The topological polar surface area (TPSA) is 40.6 Å². The van der Waals surface area contributed by atoms with Crippen molar-refractivity contribution in [2.45, 2.75) is 19.3 Å². The van der Waals surface area contributed by atoms with Crippen molar-refractivity contribution in [1.82, 2.24) is 4.90 Å². The first kappa shape index (κ1) is 17.6. The van der Waals surface area contributed by atoms with Crippen molar-refractivity contribution < 1.29 is 14.0 Å². The highest BCUT2D eigenvalue weighted by molar-refractivity contribution is 7.12. The van der Waals surface area contributed by atoms with Crippen molar-refractivity contribution in [3.05, 3.63) is 52.5 Å². The number of Topliss-reactive ketones (excluding diaryl/α,β-unsaturated/α-hetero) is 1. The Morgan fingerprint density at radius 3 is 2.36 bits per heavy atom. The molecule has 1 saturated heterocycles. The third-order valence-corrected chi connectivity index (χ3v) is 5.33. The molecule has 2 aromatic rings. The van der Waals surface area contributed by atoms with E-state index < -0.39 is 0 Å². The van der Waals surface area contributed by atoms with Crippen molar-refractivity contribution in [2.75, 3.05) is 31.1 Å². The highest BCUT2D eigenvalue weighted by atomic mass is 32.1. The number of halogens is 1. The lowest BCUT2D eigenvalue weighted by Crippen LogP contribution is -2.48. The summed E-state index contributed by atoms with van der Waals surface area (Å²) in [6, 6.07) is 10.1. The fraction of sp³-hybridized carbons (Fsp3) is 0.368. The van der Waals surface area contributed by atoms with Crippen molar-refractivity contribution in [3.63, 3.8) is 0 Å². The van der Waals surface area contributed by atoms with Gasteiger partial charge in [0.2, 0.25) is 5.91 Å². The molecule has 0 spiro atoms. The van der Waals surface area contributed by atoms with Crippen molar-refractivity contribution in [3.8, 4) is 0 Å². The van der Waals surface area contributed by atoms with Crippen LogP contribution in [0.5, 0.6) is 0 Å². The first-order valence-electron chi connectivity index (χ1n) is 8.48. The minimum absolute atomic E-state index is 0.109. The first-order valence-corrected chi connectivity index (χ1v) is 9.36. The summed E-state index contributed by atoms with van der Waals surface area (Å²) in [5.74, 6) is -0.0173. The van der Waals surface area contributed by atoms with E-state index in [1.165, 1.54) is 23.5 Å². The van der Waals surface area contributed by atoms with Gasteiger partial charge in [-0.25, -0.2) is 4.39 Å². The van der Waals surface area contributed by atoms with Crippen LogP contribution in [0.15, 0.2) is 41.8 Å². The number of piperazine rings is 1. The van der Waals surface area contributed by atoms with Crippen LogP contribution in [0, 0.1) is 5.82 Å². The Bertz CT molecular complexity index is 708. The minimum Gasteiger partial charge on any atom is -0.368 e. The predicted octanol–water partition coefficient (Wildman–Crippen LogP) is 3.59. The quantitative estimate of drug-likeness (QED) is 0.739. The molecule has 132 valence electrons. The normalized spacial score (nSPS) is 14.6. The number of ketones is 1. The molecule has 1 amide bonds. The Morgan fingerprint density at radius 1 is 1.00 bits per heavy atom. The second-order valence-electron chi connectivity index (χ2n) is 6.10. The Labute approximate surface area is 150 Å². The van der Waals surface area contributed by atoms with E-state index >= 15 is 0 Å². The largest absolute Gasteiger partial charge is 0.368 e. The molecule has 0 bridgehead atoms. The van der Waals surface area contributed by atoms with Crippen LogP contribution in [0.25, 0.3) is 0 Å². The number of rotatable bonds is 6. The molecule has 0 radical (unpaired) electrons. The summed E-state index contributed by atoms with van der Waals surface area (Å²) in [6.07, 6.45) is 1.42. The molecule has 4 nitrogen and oxygen atoms in total. The lowest BCUT2D eigenvalue weighted by molar-refractivity contribution is -0.131. The smallest absolute Gasteiger partial charge is 0.222 e. The van der Waals surface area contributed by atoms with E-state index in [1.807, 2.05) is 22.4 Å². The van der Waals surface area contributed by atoms with Crippen LogP contribution in [-0.2, 0) is 4.79 Å². The summed E-state index contributed by atoms with van der Waals surface area (Å²) < 4.78 is 13.0. The van der Waals surface area contributed by atoms with Gasteiger partial charge in [0.1, 0.15) is 5.82 Å². The molecule has 0 aliphatic carbocycles. The van der Waals surface area contributed by atoms with Crippen LogP contribution in [-0.4, -0.2) is 42.8 Å². The van der Waals surface area contributed by atoms with Gasteiger partial charge in [-0.15, -0.1) is 11.3 Å². The third-order valence-electron chi connectivity index (χ3n) is 4.41. The lowest BCUT2D eigenvalue weighted by Gasteiger charge is -2.36. The number of benzene rings is 1. The zero-order valence-electron chi connectivity index (χ0n) is 14.0. The molecular formula is C19H21FN2O2S. The second-order valence-corrected chi connectivity index (χ2v) is 7.05. The van der Waals surface area contributed by atoms with E-state index in [-0.39, 0.29) is 17.5 Å². The molecule has 2 heterocycles. The van der Waals surface area contributed by atoms with Crippen molar-refractivity contribution in [1.29, 1.82) is 0 Å². The van der Waals surface area contributed by atoms with Gasteiger partial charge in [0.25, 0.3) is 0 Å². The molecule has 25 heavy (non-hydrogen) atoms. The van der Waals surface area contributed by atoms with Crippen LogP contribution in [0.1, 0.15) is 28.9 Å². The molecular weight excluding hydrogens is 339 g/mol. The summed E-state index contributed by atoms with van der Waals surface area (Å²) in [4.78, 5) is 29.0. The van der Waals surface area contributed by atoms with Gasteiger partial charge >= 0.3 is 0 Å². The standard InChI is InChI=1S/C19H21FN2O2S/c20-15-6-8-16(9-7-15)21-10-12-22(13-11-21)19(24)5-1-3-17(23)18-4-2-14-25-18/h2,4,6-9,14H,1,3,5,10-13H2. The molecule has 1 aromatic heterocycles. The molecule has 1 aliphatic heterocycles. The zero-order chi connectivity index (χ0) is 17.6. The molecule has 1 aliphatic rings. The number of anilines is 1. The maximum Gasteiger partial charge on any atom is 0.222 e. The summed E-state index contributed by atoms with van der Waals surface area (Å²) in [7, 11) is 0. The van der Waals surface area contributed by atoms with E-state index in [1.54, 1.807) is 12.1 Å². The maximum atomic E-state index is 13.0. The van der Waals surface area contributed by atoms with E-state index in [9.17, 15) is 14.0 Å². The van der Waals surface area contributed by atoms with Crippen LogP contribution < -0.4 is 4.90 Å². The van der Waals surface area contributed by atoms with Crippen LogP contribution in [0.4, 0.5) is 10.1 Å². The summed E-state index contributed by atoms with van der Waals surface area (Å²) >= 11 is 1.44. The molecule has 1 fully saturated rings. The molecule has 1 aromatic carbocycles. The van der Waals surface area contributed by atoms with Gasteiger partial charge in [-0.2, -0.15) is 0 Å². The van der Waals surface area contributed by atoms with Gasteiger partial charge < -0.3 is 9.80 Å². The molecule has 0 unspecified atom stereocenters. The molecule has 0 saturated carbocycles. The SMILES string of the molecule is O=C(CCCC(=O)N1CCN(c2ccc(F)cc2)CC1)c1cccs1. The van der Waals surface area contributed by atoms with Gasteiger partial charge in [-0.3, -0.25) is 9.59 Å². The summed E-state index contributed by atoms with van der Waals surface area (Å²) in [5, 5.41) is 1.89. The Hall–Kier alpha value is -2.21. The number of nitrogens with zero attached hydrogens (tertiary/aromatic N) is 2. The van der Waals surface area contributed by atoms with Crippen molar-refractivity contribution >= 4 is 28.7 Å². The molecule has 3 rings (SSSR count). The highest BCUT2D eigenvalue weighted by Crippen LogP contribution is 2.18. The highest BCUT2D eigenvalue weighted by Gasteiger charge is 2.21. The summed E-state index contributed by atoms with van der Waals surface area (Å²) in [6.45, 7) is 2.81. The number of amides is 1. The Morgan fingerprint density at radius 2 is 1.72 bits per heavy atom. The van der Waals surface area contributed by atoms with E-state index in [0.717, 1.165) is 23.7 Å². The Kier molecular flexibility index (Phi) is 5.81. The average Bonchev–Trinajstić information content (AvgIpc) is 3.17. The van der Waals surface area contributed by atoms with E-state index in [4.69, 9.17) is 0 Å². The van der Waals surface area contributed by atoms with Gasteiger partial charge in [-0.05, 0) is 42.1 Å². The number of carbonyl (C=O) groups excluding carboxylic acids is 2. The number of carbonyl (C=O) groups is 2. The summed E-state index contributed by atoms with van der Waals surface area (Å²) in [5.41, 5.74) is 0.982. The number of thiophene rings is 1. The van der Waals surface area contributed by atoms with Crippen LogP contribution in [0.3, 0.4) is 0 Å². The fourth-order valence-electron chi connectivity index (χ4n) is 2.98. The zero-order valence-corrected chi connectivity index (χ0v) is 14.8. The molecule has 0 atom stereocenters. The van der Waals surface area contributed by atoms with E-state index in [2.05, 4.69) is 4.90 Å². The van der Waals surface area contributed by atoms with Gasteiger partial charge in [0.15, 0.2) is 5.78 Å². The fourth-order valence-corrected chi connectivity index (χ4v) is 3.68. The average molecular weight is 360 g/mol. The van der Waals surface area contributed by atoms with Crippen LogP contribution in [0.2, 0.25) is 0 Å². The third kappa shape index (κ3) is 4.66. The monoisotopic (exact) mass is 360 g/mol. The van der Waals surface area contributed by atoms with Gasteiger partial charge in [0.05, 0.1) is 4.88 Å². The first-order chi connectivity index (χ1) is 12.1. The molecule has 6 heteroatoms. The van der Waals surface area contributed by atoms with Gasteiger partial charge in [-0.1, -0.05) is 6.07 Å². The predicted molar refractivity (Wildman–Crippen MR) is 97.7 cm³/mol. The minimum atomic E-state index is -0.241. The van der Waals surface area contributed by atoms with Crippen LogP contribution >= 0.6 is 11.3 Å². The molecule has 0 N–H and O–H groups in total. The lowest BCUT2D eigenvalue weighted by atomic mass is 10.1. The van der Waals surface area contributed by atoms with Crippen molar-refractivity contribution in [2.24, 2.45) is 0 Å². The number of hydrogen-bond donors (Lipinski definition) is 0.